The summed E-state index contributed by atoms with van der Waals surface area (Å²) in [5, 5.41) is 0.965. The van der Waals surface area contributed by atoms with E-state index in [9.17, 15) is 9.59 Å². The van der Waals surface area contributed by atoms with E-state index in [1.807, 2.05) is 12.1 Å². The van der Waals surface area contributed by atoms with E-state index < -0.39 is 12.2 Å². The summed E-state index contributed by atoms with van der Waals surface area (Å²) >= 11 is 0. The summed E-state index contributed by atoms with van der Waals surface area (Å²) in [5.41, 5.74) is 3.01. The molecule has 0 saturated heterocycles. The second-order valence-electron chi connectivity index (χ2n) is 5.59. The Morgan fingerprint density at radius 2 is 1.76 bits per heavy atom. The molecular weight excluding hydrogens is 324 g/mol. The highest BCUT2D eigenvalue weighted by Crippen LogP contribution is 2.15. The van der Waals surface area contributed by atoms with Gasteiger partial charge in [0.2, 0.25) is 0 Å². The number of hydrogen-bond acceptors (Lipinski definition) is 5. The smallest absolute Gasteiger partial charge is 0.429 e. The minimum absolute atomic E-state index is 0.0726. The molecule has 1 rings (SSSR count). The zero-order valence-corrected chi connectivity index (χ0v) is 15.2. The van der Waals surface area contributed by atoms with Gasteiger partial charge in [-0.25, -0.2) is 20.0 Å². The Kier molecular flexibility index (Phi) is 8.13. The van der Waals surface area contributed by atoms with Crippen molar-refractivity contribution in [1.29, 1.82) is 0 Å². The number of rotatable bonds is 4. The van der Waals surface area contributed by atoms with Gasteiger partial charge < -0.3 is 14.2 Å². The molecule has 25 heavy (non-hydrogen) atoms. The summed E-state index contributed by atoms with van der Waals surface area (Å²) < 4.78 is 15.3. The van der Waals surface area contributed by atoms with E-state index in [-0.39, 0.29) is 18.8 Å². The van der Waals surface area contributed by atoms with Crippen molar-refractivity contribution in [1.82, 2.24) is 10.4 Å². The van der Waals surface area contributed by atoms with Crippen molar-refractivity contribution in [2.45, 2.75) is 39.9 Å². The lowest BCUT2D eigenvalue weighted by molar-refractivity contribution is 0.0517. The van der Waals surface area contributed by atoms with Crippen molar-refractivity contribution >= 4 is 12.2 Å². The quantitative estimate of drug-likeness (QED) is 0.669. The zero-order valence-electron chi connectivity index (χ0n) is 15.2. The van der Waals surface area contributed by atoms with Crippen LogP contribution in [0.4, 0.5) is 9.59 Å². The standard InChI is InChI=1S/C18H24N2O5/c1-13(2)24-17(21)19-20(18(22)25-14(3)4)12-8-10-15-9-6-7-11-16(15)23-5/h6-7,9,11,13-14H,12H2,1-5H3,(H,19,21). The molecule has 2 amide bonds. The van der Waals surface area contributed by atoms with E-state index in [0.717, 1.165) is 5.01 Å². The number of para-hydroxylation sites is 1. The van der Waals surface area contributed by atoms with E-state index in [0.29, 0.717) is 11.3 Å². The Hall–Kier alpha value is -2.88. The molecule has 0 fully saturated rings. The molecule has 7 heteroatoms. The summed E-state index contributed by atoms with van der Waals surface area (Å²) in [6.07, 6.45) is -2.12. The number of ether oxygens (including phenoxy) is 3. The van der Waals surface area contributed by atoms with Crippen molar-refractivity contribution in [2.24, 2.45) is 0 Å². The highest BCUT2D eigenvalue weighted by molar-refractivity contribution is 5.74. The molecule has 0 unspecified atom stereocenters. The fourth-order valence-corrected chi connectivity index (χ4v) is 1.73. The summed E-state index contributed by atoms with van der Waals surface area (Å²) in [4.78, 5) is 23.8. The molecule has 0 heterocycles. The van der Waals surface area contributed by atoms with Crippen LogP contribution in [-0.4, -0.2) is 43.1 Å². The van der Waals surface area contributed by atoms with Crippen LogP contribution in [0.5, 0.6) is 5.75 Å². The number of nitrogens with one attached hydrogen (secondary N) is 1. The number of nitrogens with zero attached hydrogens (tertiary/aromatic N) is 1. The third-order valence-corrected chi connectivity index (χ3v) is 2.69. The van der Waals surface area contributed by atoms with Gasteiger partial charge in [0.1, 0.15) is 12.3 Å². The minimum atomic E-state index is -0.755. The minimum Gasteiger partial charge on any atom is -0.495 e. The molecule has 0 aliphatic rings. The molecule has 0 aromatic heterocycles. The fourth-order valence-electron chi connectivity index (χ4n) is 1.73. The molecule has 0 bridgehead atoms. The van der Waals surface area contributed by atoms with E-state index in [2.05, 4.69) is 17.3 Å². The maximum atomic E-state index is 12.1. The van der Waals surface area contributed by atoms with Gasteiger partial charge in [0.25, 0.3) is 0 Å². The number of methoxy groups -OCH3 is 1. The van der Waals surface area contributed by atoms with Crippen LogP contribution in [0.2, 0.25) is 0 Å². The SMILES string of the molecule is COc1ccccc1C#CCN(NC(=O)OC(C)C)C(=O)OC(C)C. The maximum absolute atomic E-state index is 12.1. The third kappa shape index (κ3) is 7.48. The van der Waals surface area contributed by atoms with Gasteiger partial charge in [0.15, 0.2) is 0 Å². The molecule has 7 nitrogen and oxygen atoms in total. The fraction of sp³-hybridized carbons (Fsp3) is 0.444. The second-order valence-corrected chi connectivity index (χ2v) is 5.59. The van der Waals surface area contributed by atoms with Crippen molar-refractivity contribution in [3.63, 3.8) is 0 Å². The number of hydrazine groups is 1. The first-order chi connectivity index (χ1) is 11.8. The third-order valence-electron chi connectivity index (χ3n) is 2.69. The van der Waals surface area contributed by atoms with Gasteiger partial charge >= 0.3 is 12.2 Å². The molecule has 1 aromatic rings. The molecule has 1 aromatic carbocycles. The van der Waals surface area contributed by atoms with Crippen LogP contribution in [0, 0.1) is 11.8 Å². The zero-order chi connectivity index (χ0) is 18.8. The van der Waals surface area contributed by atoms with Gasteiger partial charge in [-0.2, -0.15) is 0 Å². The van der Waals surface area contributed by atoms with E-state index >= 15 is 0 Å². The Balaban J connectivity index is 2.84. The monoisotopic (exact) mass is 348 g/mol. The van der Waals surface area contributed by atoms with Crippen LogP contribution in [0.3, 0.4) is 0 Å². The van der Waals surface area contributed by atoms with Gasteiger partial charge in [0, 0.05) is 0 Å². The Labute approximate surface area is 148 Å². The Morgan fingerprint density at radius 3 is 2.36 bits per heavy atom. The van der Waals surface area contributed by atoms with Crippen LogP contribution in [-0.2, 0) is 9.47 Å². The number of hydrogen-bond donors (Lipinski definition) is 1. The van der Waals surface area contributed by atoms with E-state index in [1.54, 1.807) is 46.9 Å². The molecule has 0 saturated carbocycles. The molecule has 1 N–H and O–H groups in total. The molecule has 0 spiro atoms. The lowest BCUT2D eigenvalue weighted by atomic mass is 10.2. The second kappa shape index (κ2) is 10.1. The van der Waals surface area contributed by atoms with Crippen molar-refractivity contribution < 1.29 is 23.8 Å². The predicted molar refractivity (Wildman–Crippen MR) is 92.9 cm³/mol. The van der Waals surface area contributed by atoms with Crippen LogP contribution in [0.1, 0.15) is 33.3 Å². The van der Waals surface area contributed by atoms with Gasteiger partial charge in [0.05, 0.1) is 24.9 Å². The molecule has 136 valence electrons. The Morgan fingerprint density at radius 1 is 1.12 bits per heavy atom. The average molecular weight is 348 g/mol. The maximum Gasteiger partial charge on any atom is 0.429 e. The summed E-state index contributed by atoms with van der Waals surface area (Å²) in [6.45, 7) is 6.76. The van der Waals surface area contributed by atoms with Crippen LogP contribution in [0.25, 0.3) is 0 Å². The highest BCUT2D eigenvalue weighted by Gasteiger charge is 2.19. The Bertz CT molecular complexity index is 646. The lowest BCUT2D eigenvalue weighted by Gasteiger charge is -2.22. The summed E-state index contributed by atoms with van der Waals surface area (Å²) in [6, 6.07) is 7.24. The number of carbonyl (C=O) groups is 2. The molecule has 0 aliphatic carbocycles. The summed E-state index contributed by atoms with van der Waals surface area (Å²) in [5.74, 6) is 6.34. The normalized spacial score (nSPS) is 9.88. The topological polar surface area (TPSA) is 77.1 Å². The van der Waals surface area contributed by atoms with Gasteiger partial charge in [-0.05, 0) is 39.8 Å². The molecule has 0 aliphatic heterocycles. The number of benzene rings is 1. The van der Waals surface area contributed by atoms with Gasteiger partial charge in [-0.15, -0.1) is 0 Å². The van der Waals surface area contributed by atoms with Crippen LogP contribution >= 0.6 is 0 Å². The lowest BCUT2D eigenvalue weighted by Crippen LogP contribution is -2.47. The van der Waals surface area contributed by atoms with Crippen molar-refractivity contribution in [3.05, 3.63) is 29.8 Å². The first kappa shape index (κ1) is 20.2. The van der Waals surface area contributed by atoms with Crippen LogP contribution < -0.4 is 10.2 Å². The van der Waals surface area contributed by atoms with E-state index in [4.69, 9.17) is 14.2 Å². The average Bonchev–Trinajstić information content (AvgIpc) is 2.52. The predicted octanol–water partition coefficient (Wildman–Crippen LogP) is 2.94. The van der Waals surface area contributed by atoms with Crippen molar-refractivity contribution in [3.8, 4) is 17.6 Å². The summed E-state index contributed by atoms with van der Waals surface area (Å²) in [7, 11) is 1.55. The molecule has 0 atom stereocenters. The number of carbonyl (C=O) groups excluding carboxylic acids is 2. The highest BCUT2D eigenvalue weighted by atomic mass is 16.6. The first-order valence-electron chi connectivity index (χ1n) is 7.90. The van der Waals surface area contributed by atoms with Gasteiger partial charge in [-0.1, -0.05) is 24.0 Å². The van der Waals surface area contributed by atoms with Crippen LogP contribution in [0.15, 0.2) is 24.3 Å². The largest absolute Gasteiger partial charge is 0.495 e. The molecular formula is C18H24N2O5. The van der Waals surface area contributed by atoms with Gasteiger partial charge in [-0.3, -0.25) is 0 Å². The molecule has 0 radical (unpaired) electrons. The van der Waals surface area contributed by atoms with E-state index in [1.165, 1.54) is 0 Å². The van der Waals surface area contributed by atoms with Crippen molar-refractivity contribution in [2.75, 3.05) is 13.7 Å². The number of amides is 2. The first-order valence-corrected chi connectivity index (χ1v) is 7.90.